The van der Waals surface area contributed by atoms with E-state index in [1.807, 2.05) is 0 Å². The van der Waals surface area contributed by atoms with Crippen molar-refractivity contribution in [3.63, 3.8) is 0 Å². The molecular formula is C41H81NO4. The highest BCUT2D eigenvalue weighted by Gasteiger charge is 2.23. The van der Waals surface area contributed by atoms with Crippen LogP contribution in [0.15, 0.2) is 12.2 Å². The van der Waals surface area contributed by atoms with Crippen molar-refractivity contribution in [1.82, 2.24) is 5.32 Å². The van der Waals surface area contributed by atoms with Gasteiger partial charge in [0.05, 0.1) is 18.8 Å². The van der Waals surface area contributed by atoms with Crippen LogP contribution in [0.25, 0.3) is 0 Å². The van der Waals surface area contributed by atoms with Gasteiger partial charge in [0.1, 0.15) is 6.10 Å². The van der Waals surface area contributed by atoms with Crippen LogP contribution in [0.4, 0.5) is 0 Å². The molecule has 1 amide bonds. The minimum Gasteiger partial charge on any atom is -0.394 e. The Labute approximate surface area is 287 Å². The number of unbranched alkanes of at least 4 members (excludes halogenated alkanes) is 27. The Morgan fingerprint density at radius 1 is 0.500 bits per heavy atom. The number of hydrogen-bond donors (Lipinski definition) is 4. The number of amides is 1. The van der Waals surface area contributed by atoms with Crippen LogP contribution in [0.1, 0.15) is 219 Å². The number of carbonyl (C=O) groups is 1. The molecule has 0 aromatic heterocycles. The Morgan fingerprint density at radius 3 is 1.20 bits per heavy atom. The van der Waals surface area contributed by atoms with Gasteiger partial charge in [0.2, 0.25) is 5.91 Å². The molecule has 0 saturated heterocycles. The summed E-state index contributed by atoms with van der Waals surface area (Å²) in [4.78, 5) is 12.4. The topological polar surface area (TPSA) is 89.8 Å². The van der Waals surface area contributed by atoms with E-state index in [0.717, 1.165) is 32.1 Å². The van der Waals surface area contributed by atoms with Gasteiger partial charge in [0.25, 0.3) is 0 Å². The fourth-order valence-electron chi connectivity index (χ4n) is 6.36. The van der Waals surface area contributed by atoms with Gasteiger partial charge in [-0.1, -0.05) is 193 Å². The third-order valence-corrected chi connectivity index (χ3v) is 9.63. The van der Waals surface area contributed by atoms with E-state index in [-0.39, 0.29) is 6.61 Å². The van der Waals surface area contributed by atoms with Crippen LogP contribution < -0.4 is 5.32 Å². The van der Waals surface area contributed by atoms with Crippen LogP contribution in [-0.2, 0) is 4.79 Å². The van der Waals surface area contributed by atoms with Crippen LogP contribution in [0.2, 0.25) is 0 Å². The van der Waals surface area contributed by atoms with Crippen molar-refractivity contribution < 1.29 is 20.1 Å². The lowest BCUT2D eigenvalue weighted by atomic mass is 10.0. The molecule has 0 aromatic carbocycles. The molecule has 0 spiro atoms. The summed E-state index contributed by atoms with van der Waals surface area (Å²) in [7, 11) is 0. The molecule has 0 heterocycles. The maximum absolute atomic E-state index is 12.4. The van der Waals surface area contributed by atoms with Crippen molar-refractivity contribution in [2.24, 2.45) is 0 Å². The van der Waals surface area contributed by atoms with Gasteiger partial charge in [-0.25, -0.2) is 0 Å². The highest BCUT2D eigenvalue weighted by Crippen LogP contribution is 2.15. The third-order valence-electron chi connectivity index (χ3n) is 9.63. The van der Waals surface area contributed by atoms with Gasteiger partial charge in [-0.3, -0.25) is 4.79 Å². The van der Waals surface area contributed by atoms with E-state index in [9.17, 15) is 20.1 Å². The first-order valence-electron chi connectivity index (χ1n) is 20.5. The highest BCUT2D eigenvalue weighted by molar-refractivity contribution is 5.80. The largest absolute Gasteiger partial charge is 0.394 e. The summed E-state index contributed by atoms with van der Waals surface area (Å²) in [5, 5.41) is 33.2. The molecule has 4 N–H and O–H groups in total. The molecule has 46 heavy (non-hydrogen) atoms. The molecule has 0 fully saturated rings. The van der Waals surface area contributed by atoms with Crippen molar-refractivity contribution in [1.29, 1.82) is 0 Å². The Bertz CT molecular complexity index is 640. The summed E-state index contributed by atoms with van der Waals surface area (Å²) in [5.41, 5.74) is 0. The lowest BCUT2D eigenvalue weighted by Gasteiger charge is -2.23. The average Bonchev–Trinajstić information content (AvgIpc) is 3.06. The zero-order valence-corrected chi connectivity index (χ0v) is 31.0. The molecule has 0 rings (SSSR count). The predicted molar refractivity (Wildman–Crippen MR) is 199 cm³/mol. The lowest BCUT2D eigenvalue weighted by molar-refractivity contribution is -0.131. The molecule has 3 atom stereocenters. The number of nitrogens with one attached hydrogen (secondary N) is 1. The van der Waals surface area contributed by atoms with Crippen LogP contribution >= 0.6 is 0 Å². The molecule has 5 nitrogen and oxygen atoms in total. The maximum atomic E-state index is 12.4. The molecule has 5 heteroatoms. The number of rotatable bonds is 37. The van der Waals surface area contributed by atoms with Crippen molar-refractivity contribution in [3.8, 4) is 0 Å². The minimum atomic E-state index is -1.08. The van der Waals surface area contributed by atoms with E-state index in [1.54, 1.807) is 0 Å². The fraction of sp³-hybridized carbons (Fsp3) is 0.927. The molecule has 0 aromatic rings. The first-order valence-corrected chi connectivity index (χ1v) is 20.5. The van der Waals surface area contributed by atoms with Gasteiger partial charge in [0.15, 0.2) is 0 Å². The van der Waals surface area contributed by atoms with Gasteiger partial charge < -0.3 is 20.6 Å². The lowest BCUT2D eigenvalue weighted by Crippen LogP contribution is -2.49. The Balaban J connectivity index is 3.63. The summed E-state index contributed by atoms with van der Waals surface area (Å²) in [6, 6.07) is -0.709. The van der Waals surface area contributed by atoms with Crippen molar-refractivity contribution in [2.75, 3.05) is 6.61 Å². The number of allylic oxidation sites excluding steroid dienone is 2. The minimum absolute atomic E-state index is 0.313. The Morgan fingerprint density at radius 2 is 0.826 bits per heavy atom. The summed E-state index contributed by atoms with van der Waals surface area (Å²) in [6.45, 7) is 4.22. The fourth-order valence-corrected chi connectivity index (χ4v) is 6.36. The maximum Gasteiger partial charge on any atom is 0.249 e. The number of hydrogen-bond acceptors (Lipinski definition) is 4. The van der Waals surface area contributed by atoms with E-state index in [1.165, 1.54) is 161 Å². The van der Waals surface area contributed by atoms with E-state index >= 15 is 0 Å². The predicted octanol–water partition coefficient (Wildman–Crippen LogP) is 11.3. The quantitative estimate of drug-likeness (QED) is 0.0397. The molecule has 0 bridgehead atoms. The van der Waals surface area contributed by atoms with Gasteiger partial charge in [-0.2, -0.15) is 0 Å². The summed E-state index contributed by atoms with van der Waals surface area (Å²) < 4.78 is 0. The van der Waals surface area contributed by atoms with Crippen LogP contribution in [-0.4, -0.2) is 46.1 Å². The summed E-state index contributed by atoms with van der Waals surface area (Å²) in [5.74, 6) is -0.475. The van der Waals surface area contributed by atoms with Gasteiger partial charge in [-0.15, -0.1) is 0 Å². The smallest absolute Gasteiger partial charge is 0.249 e. The first-order chi connectivity index (χ1) is 22.6. The number of carbonyl (C=O) groups excluding carboxylic acids is 1. The molecular weight excluding hydrogens is 570 g/mol. The molecule has 0 aliphatic carbocycles. The van der Waals surface area contributed by atoms with E-state index < -0.39 is 24.2 Å². The molecule has 0 aliphatic heterocycles. The molecule has 3 unspecified atom stereocenters. The normalized spacial score (nSPS) is 13.8. The SMILES string of the molecule is CCCCCCCCCCCC/C=C\CCCCCCCCC(O)C(=O)NC(CO)C(O)CCCCCCCCCCCCCC. The van der Waals surface area contributed by atoms with Crippen LogP contribution in [0, 0.1) is 0 Å². The van der Waals surface area contributed by atoms with Crippen molar-refractivity contribution in [3.05, 3.63) is 12.2 Å². The van der Waals surface area contributed by atoms with E-state index in [0.29, 0.717) is 12.8 Å². The van der Waals surface area contributed by atoms with Gasteiger partial charge >= 0.3 is 0 Å². The molecule has 0 saturated carbocycles. The zero-order chi connectivity index (χ0) is 33.8. The number of aliphatic hydroxyl groups excluding tert-OH is 3. The molecule has 0 radical (unpaired) electrons. The monoisotopic (exact) mass is 652 g/mol. The van der Waals surface area contributed by atoms with Gasteiger partial charge in [-0.05, 0) is 38.5 Å². The average molecular weight is 652 g/mol. The Hall–Kier alpha value is -0.910. The summed E-state index contributed by atoms with van der Waals surface area (Å²) >= 11 is 0. The second-order valence-electron chi connectivity index (χ2n) is 14.2. The Kier molecular flexibility index (Phi) is 36.2. The number of aliphatic hydroxyl groups is 3. The van der Waals surface area contributed by atoms with Crippen molar-refractivity contribution >= 4 is 5.91 Å². The zero-order valence-electron chi connectivity index (χ0n) is 31.0. The van der Waals surface area contributed by atoms with Crippen molar-refractivity contribution in [2.45, 2.75) is 238 Å². The second-order valence-corrected chi connectivity index (χ2v) is 14.2. The van der Waals surface area contributed by atoms with Crippen LogP contribution in [0.3, 0.4) is 0 Å². The van der Waals surface area contributed by atoms with E-state index in [2.05, 4.69) is 31.3 Å². The highest BCUT2D eigenvalue weighted by atomic mass is 16.3. The third kappa shape index (κ3) is 31.7. The second kappa shape index (κ2) is 36.9. The van der Waals surface area contributed by atoms with Gasteiger partial charge in [0, 0.05) is 0 Å². The van der Waals surface area contributed by atoms with Crippen LogP contribution in [0.5, 0.6) is 0 Å². The standard InChI is InChI=1S/C41H81NO4/c1-3-5-7-9-11-13-15-17-18-19-20-21-22-23-24-26-28-30-32-34-36-40(45)41(46)42-38(37-43)39(44)35-33-31-29-27-25-16-14-12-10-8-6-4-2/h21-22,38-40,43-45H,3-20,23-37H2,1-2H3,(H,42,46)/b22-21-. The molecule has 274 valence electrons. The summed E-state index contributed by atoms with van der Waals surface area (Å²) in [6.07, 6.45) is 42.0. The van der Waals surface area contributed by atoms with E-state index in [4.69, 9.17) is 0 Å². The molecule has 0 aliphatic rings. The first kappa shape index (κ1) is 45.1.